The molecule has 41 heteroatoms. The molecular weight excluding hydrogens is 1310 g/mol. The van der Waals surface area contributed by atoms with Gasteiger partial charge < -0.3 is 104 Å². The normalized spacial score (nSPS) is 35.9. The van der Waals surface area contributed by atoms with E-state index in [4.69, 9.17) is 44.2 Å². The van der Waals surface area contributed by atoms with Gasteiger partial charge in [-0.25, -0.2) is 58.8 Å². The van der Waals surface area contributed by atoms with Crippen molar-refractivity contribution in [3.63, 3.8) is 0 Å². The van der Waals surface area contributed by atoms with Crippen LogP contribution in [0.4, 0.5) is 0 Å². The summed E-state index contributed by atoms with van der Waals surface area (Å²) in [5, 5.41) is 0. The molecule has 16 saturated heterocycles. The molecule has 22 N–H and O–H groups in total. The van der Waals surface area contributed by atoms with E-state index in [2.05, 4.69) is 58.8 Å². The maximum atomic E-state index is 6.75. The van der Waals surface area contributed by atoms with Gasteiger partial charge >= 0.3 is 42.1 Å². The summed E-state index contributed by atoms with van der Waals surface area (Å²) in [5.41, 5.74) is 54.0. The molecule has 0 unspecified atom stereocenters. The Balaban J connectivity index is -0.0000000801. The molecule has 16 rings (SSSR count). The zero-order chi connectivity index (χ0) is 37.0. The molecule has 0 aromatic carbocycles. The van der Waals surface area contributed by atoms with Crippen LogP contribution in [0.15, 0.2) is 0 Å². The summed E-state index contributed by atoms with van der Waals surface area (Å²) in [4.78, 5) is 37.1. The summed E-state index contributed by atoms with van der Waals surface area (Å²) >= 11 is 0. The molecule has 0 spiro atoms. The minimum absolute atomic E-state index is 0. The van der Waals surface area contributed by atoms with E-state index in [1.54, 1.807) is 0 Å². The van der Waals surface area contributed by atoms with Crippen LogP contribution in [0, 0.1) is 0 Å². The van der Waals surface area contributed by atoms with Crippen molar-refractivity contribution < 1.29 is 102 Å². The van der Waals surface area contributed by atoms with E-state index in [1.807, 2.05) is 0 Å². The van der Waals surface area contributed by atoms with Gasteiger partial charge in [-0.1, -0.05) is 0 Å². The SMILES string of the molecule is C1N2CN3CN1C[PH+](C2)C3.C1N2CN3CN1C[PH+](C2)C3.C1N2CN3CN1C[PH+](C2)C3.C1N2CN3CN1C[PH+](C2)C3.O.O.O.O.O.O.O.O.O.O.O.[N-]=[N+]=[N-].[N-]=[N+]=[N-].[N-]=[N+]=[N-].[N-]=[N+]=[N-].[Pt+2].[Pt+2]. The van der Waals surface area contributed by atoms with Gasteiger partial charge in [-0.2, -0.15) is 0 Å². The fourth-order valence-electron chi connectivity index (χ4n) is 9.53. The Morgan fingerprint density at radius 1 is 0.200 bits per heavy atom. The van der Waals surface area contributed by atoms with Gasteiger partial charge in [0.05, 0.1) is 80.0 Å². The van der Waals surface area contributed by atoms with Gasteiger partial charge in [0.1, 0.15) is 75.4 Å². The first-order valence-electron chi connectivity index (χ1n) is 17.2. The zero-order valence-corrected chi connectivity index (χ0v) is 44.4. The maximum absolute atomic E-state index is 6.75. The first-order valence-corrected chi connectivity index (χ1v) is 25.7. The van der Waals surface area contributed by atoms with Crippen LogP contribution in [0.25, 0.3) is 63.9 Å². The van der Waals surface area contributed by atoms with Gasteiger partial charge in [0.2, 0.25) is 0 Å². The standard InChI is InChI=1S/4C6H12N3P.4N3.11H2O.2Pt/c4*1-7-2-9-3-8(1)5-10(4-7)6-9;4*1-3-2;;;;;;;;;;;;;/h4*1-6H2;;;;;11*1H2;;/q;;;;4*-1;;;;;;;;;;;;2*+2/p+4. The minimum Gasteiger partial charge on any atom is -0.412 e. The van der Waals surface area contributed by atoms with E-state index in [1.165, 1.54) is 175 Å². The third kappa shape index (κ3) is 26.3. The summed E-state index contributed by atoms with van der Waals surface area (Å²) in [6.45, 7) is 15.1. The van der Waals surface area contributed by atoms with Crippen molar-refractivity contribution in [1.82, 2.24) is 58.8 Å². The largest absolute Gasteiger partial charge is 2.00 e. The van der Waals surface area contributed by atoms with E-state index in [0.717, 1.165) is 0 Å². The molecule has 16 aliphatic heterocycles. The molecule has 65 heavy (non-hydrogen) atoms. The van der Waals surface area contributed by atoms with Gasteiger partial charge in [-0.05, 0) is 0 Å². The second-order valence-electron chi connectivity index (χ2n) is 15.0. The van der Waals surface area contributed by atoms with Crippen LogP contribution < -0.4 is 0 Å². The molecule has 16 fully saturated rings. The minimum atomic E-state index is 0. The number of nitrogens with zero attached hydrogens (tertiary/aromatic N) is 24. The molecule has 0 radical (unpaired) electrons. The maximum Gasteiger partial charge on any atom is 2.00 e. The number of hydrogen-bond donors (Lipinski definition) is 0. The van der Waals surface area contributed by atoms with Crippen molar-refractivity contribution in [2.75, 3.05) is 155 Å². The summed E-state index contributed by atoms with van der Waals surface area (Å²) in [6.07, 6.45) is 17.5. The molecule has 16 bridgehead atoms. The van der Waals surface area contributed by atoms with Crippen LogP contribution >= 0.6 is 31.7 Å². The Bertz CT molecular complexity index is 922. The Morgan fingerprint density at radius 2 is 0.262 bits per heavy atom. The van der Waals surface area contributed by atoms with E-state index >= 15 is 0 Å². The average Bonchev–Trinajstić information content (AvgIpc) is 3.05. The zero-order valence-electron chi connectivity index (χ0n) is 35.8. The Kier molecular flexibility index (Phi) is 56.4. The van der Waals surface area contributed by atoms with Crippen molar-refractivity contribution in [3.05, 3.63) is 63.9 Å². The van der Waals surface area contributed by atoms with Gasteiger partial charge in [0.15, 0.2) is 0 Å². The molecule has 392 valence electrons. The van der Waals surface area contributed by atoms with Crippen LogP contribution in [-0.2, 0) is 42.1 Å². The molecule has 0 atom stereocenters. The first-order chi connectivity index (χ1) is 25.3. The van der Waals surface area contributed by atoms with Crippen molar-refractivity contribution in [2.45, 2.75) is 0 Å². The van der Waals surface area contributed by atoms with Crippen LogP contribution in [0.2, 0.25) is 0 Å². The van der Waals surface area contributed by atoms with Crippen molar-refractivity contribution in [3.8, 4) is 0 Å². The van der Waals surface area contributed by atoms with E-state index in [9.17, 15) is 0 Å². The molecule has 0 aliphatic carbocycles. The van der Waals surface area contributed by atoms with Gasteiger partial charge in [-0.15, -0.1) is 0 Å². The molecular formula is C24H74N24O11P4Pt2+4. The van der Waals surface area contributed by atoms with E-state index in [-0.39, 0.29) is 134 Å². The Hall–Kier alpha value is -0.583. The average molecular weight is 1390 g/mol. The predicted octanol–water partition coefficient (Wildman–Crippen LogP) is -6.04. The predicted molar refractivity (Wildman–Crippen MR) is 252 cm³/mol. The molecule has 16 aliphatic rings. The summed E-state index contributed by atoms with van der Waals surface area (Å²) in [5.74, 6) is 0. The van der Waals surface area contributed by atoms with E-state index < -0.39 is 0 Å². The third-order valence-corrected chi connectivity index (χ3v) is 20.9. The Morgan fingerprint density at radius 3 is 0.308 bits per heavy atom. The summed E-state index contributed by atoms with van der Waals surface area (Å²) < 4.78 is 0. The van der Waals surface area contributed by atoms with Crippen LogP contribution in [0.1, 0.15) is 0 Å². The molecule has 35 nitrogen and oxygen atoms in total. The van der Waals surface area contributed by atoms with Crippen LogP contribution in [0.3, 0.4) is 0 Å². The third-order valence-electron chi connectivity index (χ3n) is 10.2. The second kappa shape index (κ2) is 43.4. The topological polar surface area (TPSA) is 620 Å². The quantitative estimate of drug-likeness (QED) is 0.0947. The Labute approximate surface area is 410 Å². The van der Waals surface area contributed by atoms with Crippen LogP contribution in [-0.4, -0.2) is 274 Å². The van der Waals surface area contributed by atoms with Crippen molar-refractivity contribution in [2.24, 2.45) is 0 Å². The monoisotopic (exact) mass is 1390 g/mol. The van der Waals surface area contributed by atoms with Gasteiger partial charge in [0, 0.05) is 31.7 Å². The summed E-state index contributed by atoms with van der Waals surface area (Å²) in [6, 6.07) is 0. The summed E-state index contributed by atoms with van der Waals surface area (Å²) in [7, 11) is 0.119. The number of rotatable bonds is 0. The molecule has 0 aromatic rings. The molecule has 16 heterocycles. The van der Waals surface area contributed by atoms with Crippen LogP contribution in [0.5, 0.6) is 0 Å². The van der Waals surface area contributed by atoms with Crippen molar-refractivity contribution in [1.29, 1.82) is 0 Å². The fourth-order valence-corrected chi connectivity index (χ4v) is 20.7. The molecule has 0 aromatic heterocycles. The smallest absolute Gasteiger partial charge is 0.412 e. The molecule has 0 saturated carbocycles. The second-order valence-corrected chi connectivity index (χ2v) is 24.8. The number of hydrogen-bond acceptors (Lipinski definition) is 12. The van der Waals surface area contributed by atoms with Crippen molar-refractivity contribution >= 4 is 31.7 Å². The van der Waals surface area contributed by atoms with Gasteiger partial charge in [0.25, 0.3) is 0 Å². The fraction of sp³-hybridized carbons (Fsp3) is 1.00. The molecule has 0 amide bonds. The van der Waals surface area contributed by atoms with E-state index in [0.29, 0.717) is 0 Å². The van der Waals surface area contributed by atoms with Gasteiger partial charge in [-0.3, -0.25) is 19.6 Å². The first kappa shape index (κ1) is 84.4.